The summed E-state index contributed by atoms with van der Waals surface area (Å²) in [5.74, 6) is -0.0570. The summed E-state index contributed by atoms with van der Waals surface area (Å²) in [5, 5.41) is 2.40. The van der Waals surface area contributed by atoms with Crippen molar-refractivity contribution in [3.63, 3.8) is 0 Å². The van der Waals surface area contributed by atoms with E-state index in [4.69, 9.17) is 4.74 Å². The van der Waals surface area contributed by atoms with Gasteiger partial charge in [0.05, 0.1) is 5.56 Å². The monoisotopic (exact) mass is 387 g/mol. The van der Waals surface area contributed by atoms with Crippen molar-refractivity contribution in [3.05, 3.63) is 58.1 Å². The molecule has 0 aliphatic carbocycles. The lowest BCUT2D eigenvalue weighted by Gasteiger charge is -2.12. The highest BCUT2D eigenvalue weighted by Crippen LogP contribution is 2.31. The first kappa shape index (κ1) is 17.3. The highest BCUT2D eigenvalue weighted by molar-refractivity contribution is 9.10. The molecule has 2 rings (SSSR count). The topological polar surface area (TPSA) is 38.3 Å². The van der Waals surface area contributed by atoms with Gasteiger partial charge < -0.3 is 10.1 Å². The standard InChI is InChI=1S/C16H13BrF3NO2/c1-10-5-11(16(18,19)20)7-13(6-10)21-15(22)9-23-14-4-2-3-12(17)8-14/h2-8H,9H2,1H3,(H,21,22). The molecule has 0 atom stereocenters. The van der Waals surface area contributed by atoms with Crippen LogP contribution in [-0.2, 0) is 11.0 Å². The minimum Gasteiger partial charge on any atom is -0.484 e. The van der Waals surface area contributed by atoms with Gasteiger partial charge in [0.1, 0.15) is 5.75 Å². The second kappa shape index (κ2) is 7.04. The molecule has 0 heterocycles. The molecular weight excluding hydrogens is 375 g/mol. The minimum atomic E-state index is -4.46. The zero-order valence-electron chi connectivity index (χ0n) is 12.1. The number of anilines is 1. The average molecular weight is 388 g/mol. The van der Waals surface area contributed by atoms with Gasteiger partial charge in [-0.05, 0) is 48.9 Å². The number of halogens is 4. The van der Waals surface area contributed by atoms with Gasteiger partial charge in [0.25, 0.3) is 5.91 Å². The summed E-state index contributed by atoms with van der Waals surface area (Å²) in [5.41, 5.74) is -0.316. The summed E-state index contributed by atoms with van der Waals surface area (Å²) in [4.78, 5) is 11.8. The molecule has 2 aromatic carbocycles. The normalized spacial score (nSPS) is 11.2. The summed E-state index contributed by atoms with van der Waals surface area (Å²) < 4.78 is 44.3. The van der Waals surface area contributed by atoms with E-state index in [0.717, 1.165) is 16.6 Å². The molecular formula is C16H13BrF3NO2. The zero-order chi connectivity index (χ0) is 17.0. The second-order valence-corrected chi connectivity index (χ2v) is 5.80. The van der Waals surface area contributed by atoms with Gasteiger partial charge in [-0.1, -0.05) is 22.0 Å². The molecule has 1 amide bonds. The fourth-order valence-corrected chi connectivity index (χ4v) is 2.30. The molecule has 23 heavy (non-hydrogen) atoms. The maximum absolute atomic E-state index is 12.8. The summed E-state index contributed by atoms with van der Waals surface area (Å²) in [6, 6.07) is 10.3. The average Bonchev–Trinajstić information content (AvgIpc) is 2.44. The molecule has 1 N–H and O–H groups in total. The minimum absolute atomic E-state index is 0.0835. The lowest BCUT2D eigenvalue weighted by Crippen LogP contribution is -2.20. The first-order valence-electron chi connectivity index (χ1n) is 6.61. The SMILES string of the molecule is Cc1cc(NC(=O)COc2cccc(Br)c2)cc(C(F)(F)F)c1. The number of hydrogen-bond donors (Lipinski definition) is 1. The zero-order valence-corrected chi connectivity index (χ0v) is 13.7. The van der Waals surface area contributed by atoms with Gasteiger partial charge in [-0.2, -0.15) is 13.2 Å². The number of carbonyl (C=O) groups excluding carboxylic acids is 1. The molecule has 0 aromatic heterocycles. The molecule has 0 saturated heterocycles. The van der Waals surface area contributed by atoms with Crippen molar-refractivity contribution in [1.82, 2.24) is 0 Å². The Labute approximate surface area is 139 Å². The van der Waals surface area contributed by atoms with Gasteiger partial charge in [0, 0.05) is 10.2 Å². The number of benzene rings is 2. The smallest absolute Gasteiger partial charge is 0.416 e. The Kier molecular flexibility index (Phi) is 5.30. The van der Waals surface area contributed by atoms with E-state index >= 15 is 0 Å². The Bertz CT molecular complexity index is 717. The summed E-state index contributed by atoms with van der Waals surface area (Å²) >= 11 is 3.27. The van der Waals surface area contributed by atoms with E-state index in [9.17, 15) is 18.0 Å². The lowest BCUT2D eigenvalue weighted by atomic mass is 10.1. The van der Waals surface area contributed by atoms with Gasteiger partial charge in [-0.3, -0.25) is 4.79 Å². The number of rotatable bonds is 4. The molecule has 0 saturated carbocycles. The Hall–Kier alpha value is -2.02. The van der Waals surface area contributed by atoms with Crippen molar-refractivity contribution in [1.29, 1.82) is 0 Å². The summed E-state index contributed by atoms with van der Waals surface area (Å²) in [6.07, 6.45) is -4.46. The summed E-state index contributed by atoms with van der Waals surface area (Å²) in [7, 11) is 0. The predicted molar refractivity (Wildman–Crippen MR) is 84.4 cm³/mol. The molecule has 0 aliphatic heterocycles. The van der Waals surface area contributed by atoms with Crippen molar-refractivity contribution in [2.24, 2.45) is 0 Å². The first-order chi connectivity index (χ1) is 10.7. The maximum Gasteiger partial charge on any atom is 0.416 e. The molecule has 0 spiro atoms. The second-order valence-electron chi connectivity index (χ2n) is 4.88. The molecule has 122 valence electrons. The van der Waals surface area contributed by atoms with Gasteiger partial charge in [0.2, 0.25) is 0 Å². The fraction of sp³-hybridized carbons (Fsp3) is 0.188. The van der Waals surface area contributed by atoms with E-state index in [2.05, 4.69) is 21.2 Å². The number of carbonyl (C=O) groups is 1. The van der Waals surface area contributed by atoms with Crippen molar-refractivity contribution in [3.8, 4) is 5.75 Å². The van der Waals surface area contributed by atoms with Gasteiger partial charge >= 0.3 is 6.18 Å². The highest BCUT2D eigenvalue weighted by atomic mass is 79.9. The fourth-order valence-electron chi connectivity index (χ4n) is 1.92. The Morgan fingerprint density at radius 2 is 1.96 bits per heavy atom. The molecule has 0 aliphatic rings. The maximum atomic E-state index is 12.8. The van der Waals surface area contributed by atoms with E-state index < -0.39 is 17.6 Å². The number of alkyl halides is 3. The number of ether oxygens (including phenoxy) is 1. The molecule has 0 fully saturated rings. The van der Waals surface area contributed by atoms with Crippen LogP contribution in [0.5, 0.6) is 5.75 Å². The molecule has 3 nitrogen and oxygen atoms in total. The molecule has 0 unspecified atom stereocenters. The number of amides is 1. The van der Waals surface area contributed by atoms with E-state index in [1.165, 1.54) is 13.0 Å². The quantitative estimate of drug-likeness (QED) is 0.818. The van der Waals surface area contributed by atoms with Crippen molar-refractivity contribution in [2.75, 3.05) is 11.9 Å². The predicted octanol–water partition coefficient (Wildman–Crippen LogP) is 4.79. The number of hydrogen-bond acceptors (Lipinski definition) is 2. The molecule has 2 aromatic rings. The van der Waals surface area contributed by atoms with Crippen LogP contribution >= 0.6 is 15.9 Å². The Morgan fingerprint density at radius 1 is 1.22 bits per heavy atom. The third-order valence-electron chi connectivity index (χ3n) is 2.85. The van der Waals surface area contributed by atoms with Crippen molar-refractivity contribution < 1.29 is 22.7 Å². The van der Waals surface area contributed by atoms with Crippen LogP contribution in [0.1, 0.15) is 11.1 Å². The third kappa shape index (κ3) is 5.28. The highest BCUT2D eigenvalue weighted by Gasteiger charge is 2.31. The van der Waals surface area contributed by atoms with E-state index in [1.807, 2.05) is 0 Å². The van der Waals surface area contributed by atoms with E-state index in [1.54, 1.807) is 24.3 Å². The number of nitrogens with one attached hydrogen (secondary N) is 1. The van der Waals surface area contributed by atoms with Crippen LogP contribution in [0, 0.1) is 6.92 Å². The van der Waals surface area contributed by atoms with Crippen LogP contribution in [0.4, 0.5) is 18.9 Å². The van der Waals surface area contributed by atoms with Crippen LogP contribution in [0.2, 0.25) is 0 Å². The lowest BCUT2D eigenvalue weighted by molar-refractivity contribution is -0.137. The molecule has 0 bridgehead atoms. The van der Waals surface area contributed by atoms with Crippen molar-refractivity contribution in [2.45, 2.75) is 13.1 Å². The van der Waals surface area contributed by atoms with Crippen LogP contribution in [0.25, 0.3) is 0 Å². The third-order valence-corrected chi connectivity index (χ3v) is 3.35. The first-order valence-corrected chi connectivity index (χ1v) is 7.40. The molecule has 7 heteroatoms. The van der Waals surface area contributed by atoms with Crippen LogP contribution in [0.15, 0.2) is 46.9 Å². The van der Waals surface area contributed by atoms with Gasteiger partial charge in [0.15, 0.2) is 6.61 Å². The largest absolute Gasteiger partial charge is 0.484 e. The van der Waals surface area contributed by atoms with Crippen LogP contribution in [-0.4, -0.2) is 12.5 Å². The van der Waals surface area contributed by atoms with Crippen LogP contribution < -0.4 is 10.1 Å². The van der Waals surface area contributed by atoms with Gasteiger partial charge in [-0.15, -0.1) is 0 Å². The van der Waals surface area contributed by atoms with E-state index in [-0.39, 0.29) is 12.3 Å². The van der Waals surface area contributed by atoms with Crippen LogP contribution in [0.3, 0.4) is 0 Å². The molecule has 0 radical (unpaired) electrons. The van der Waals surface area contributed by atoms with Crippen molar-refractivity contribution >= 4 is 27.5 Å². The number of aryl methyl sites for hydroxylation is 1. The van der Waals surface area contributed by atoms with E-state index in [0.29, 0.717) is 11.3 Å². The summed E-state index contributed by atoms with van der Waals surface area (Å²) in [6.45, 7) is 1.23. The van der Waals surface area contributed by atoms with Gasteiger partial charge in [-0.25, -0.2) is 0 Å². The Balaban J connectivity index is 2.01. The Morgan fingerprint density at radius 3 is 2.61 bits per heavy atom.